The quantitative estimate of drug-likeness (QED) is 0.274. The van der Waals surface area contributed by atoms with E-state index in [1.807, 2.05) is 21.6 Å². The van der Waals surface area contributed by atoms with Gasteiger partial charge in [0, 0.05) is 70.9 Å². The molecule has 0 bridgehead atoms. The summed E-state index contributed by atoms with van der Waals surface area (Å²) in [6, 6.07) is 2.69. The number of carbonyl (C=O) groups is 1. The number of piperazine rings is 1. The highest BCUT2D eigenvalue weighted by Crippen LogP contribution is 2.30. The summed E-state index contributed by atoms with van der Waals surface area (Å²) in [4.78, 5) is 45.8. The zero-order valence-corrected chi connectivity index (χ0v) is 23.5. The molecule has 2 aliphatic rings. The summed E-state index contributed by atoms with van der Waals surface area (Å²) in [6.45, 7) is 8.01. The van der Waals surface area contributed by atoms with Crippen LogP contribution in [0.4, 0.5) is 21.7 Å². The molecule has 0 amide bonds. The first-order chi connectivity index (χ1) is 20.1. The number of hydrogen-bond donors (Lipinski definition) is 2. The van der Waals surface area contributed by atoms with Crippen LogP contribution in [0.1, 0.15) is 23.1 Å². The number of hydrogen-bond acceptors (Lipinski definition) is 10. The molecule has 14 nitrogen and oxygen atoms in total. The summed E-state index contributed by atoms with van der Waals surface area (Å²) < 4.78 is 23.6. The maximum Gasteiger partial charge on any atom is 0.367 e. The molecule has 0 aliphatic carbocycles. The van der Waals surface area contributed by atoms with Gasteiger partial charge in [-0.05, 0) is 24.0 Å². The lowest BCUT2D eigenvalue weighted by molar-refractivity contribution is -0.391. The molecule has 5 rings (SSSR count). The highest BCUT2D eigenvalue weighted by atomic mass is 19.1. The van der Waals surface area contributed by atoms with E-state index in [-0.39, 0.29) is 30.1 Å². The van der Waals surface area contributed by atoms with Gasteiger partial charge in [0.05, 0.1) is 24.4 Å². The van der Waals surface area contributed by atoms with Crippen molar-refractivity contribution < 1.29 is 29.1 Å². The van der Waals surface area contributed by atoms with Gasteiger partial charge in [-0.2, -0.15) is 4.98 Å². The van der Waals surface area contributed by atoms with Crippen LogP contribution in [0.25, 0.3) is 10.9 Å². The van der Waals surface area contributed by atoms with E-state index in [0.717, 1.165) is 6.07 Å². The predicted molar refractivity (Wildman–Crippen MR) is 152 cm³/mol. The average molecular weight is 588 g/mol. The van der Waals surface area contributed by atoms with Crippen molar-refractivity contribution in [3.05, 3.63) is 55.9 Å². The second kappa shape index (κ2) is 12.0. The van der Waals surface area contributed by atoms with E-state index in [9.17, 15) is 29.9 Å². The second-order valence-electron chi connectivity index (χ2n) is 10.5. The van der Waals surface area contributed by atoms with Crippen molar-refractivity contribution >= 4 is 34.2 Å². The lowest BCUT2D eigenvalue weighted by atomic mass is 10.1. The van der Waals surface area contributed by atoms with Crippen molar-refractivity contribution in [2.75, 3.05) is 68.8 Å². The number of morpholine rings is 1. The van der Waals surface area contributed by atoms with Crippen molar-refractivity contribution in [1.82, 2.24) is 19.0 Å². The number of aliphatic hydroxyl groups excluding tert-OH is 1. The number of aliphatic hydroxyl groups is 1. The number of rotatable bonds is 9. The first kappa shape index (κ1) is 29.4. The summed E-state index contributed by atoms with van der Waals surface area (Å²) in [5.74, 6) is -1.39. The Hall–Kier alpha value is -4.08. The van der Waals surface area contributed by atoms with E-state index in [4.69, 9.17) is 4.74 Å². The van der Waals surface area contributed by atoms with Crippen LogP contribution in [0.3, 0.4) is 0 Å². The number of nitrogens with zero attached hydrogens (tertiary/aromatic N) is 7. The molecule has 42 heavy (non-hydrogen) atoms. The molecular weight excluding hydrogens is 553 g/mol. The Kier molecular flexibility index (Phi) is 8.43. The molecule has 0 spiro atoms. The molecule has 3 aromatic rings. The molecule has 4 heterocycles. The molecule has 2 N–H and O–H groups in total. The number of nitro groups is 1. The maximum absolute atomic E-state index is 15.2. The summed E-state index contributed by atoms with van der Waals surface area (Å²) in [5, 5.41) is 32.3. The Morgan fingerprint density at radius 3 is 2.45 bits per heavy atom. The number of aromatic carboxylic acids is 1. The van der Waals surface area contributed by atoms with Crippen LogP contribution >= 0.6 is 0 Å². The van der Waals surface area contributed by atoms with Gasteiger partial charge in [0.15, 0.2) is 5.82 Å². The van der Waals surface area contributed by atoms with Crippen molar-refractivity contribution in [3.8, 4) is 0 Å². The van der Waals surface area contributed by atoms with E-state index < -0.39 is 33.8 Å². The number of carboxylic acid groups (broad SMARTS) is 1. The van der Waals surface area contributed by atoms with Gasteiger partial charge >= 0.3 is 11.8 Å². The van der Waals surface area contributed by atoms with Gasteiger partial charge in [-0.3, -0.25) is 9.69 Å². The van der Waals surface area contributed by atoms with Crippen LogP contribution in [-0.4, -0.2) is 105 Å². The number of carboxylic acids is 1. The Labute approximate surface area is 240 Å². The molecule has 15 heteroatoms. The van der Waals surface area contributed by atoms with Gasteiger partial charge in [0.1, 0.15) is 24.0 Å². The lowest BCUT2D eigenvalue weighted by Crippen LogP contribution is -2.49. The third-order valence-electron chi connectivity index (χ3n) is 7.89. The summed E-state index contributed by atoms with van der Waals surface area (Å²) >= 11 is 0. The van der Waals surface area contributed by atoms with Crippen LogP contribution in [0.15, 0.2) is 23.1 Å². The highest BCUT2D eigenvalue weighted by molar-refractivity contribution is 5.93. The molecule has 2 saturated heterocycles. The number of halogens is 1. The standard InChI is InChI=1S/C27H34FN7O7/c1-3-31-16-20(27(38)39)24(37)19-12-21(28)23(13-22(19)31)32-6-4-30(5-7-32)14-18(36)15-34-17(2)29-25(26(34)35(40)41)33-8-10-42-11-9-33/h12-13,16,18,36H,3-11,14-15H2,1-2H3,(H,38,39). The molecule has 226 valence electrons. The lowest BCUT2D eigenvalue weighted by Gasteiger charge is -2.37. The Bertz CT molecular complexity index is 1560. The fourth-order valence-electron chi connectivity index (χ4n) is 5.72. The van der Waals surface area contributed by atoms with Crippen LogP contribution in [0.5, 0.6) is 0 Å². The minimum atomic E-state index is -1.36. The number of β-amino-alcohol motifs (C(OH)–C–C–N with tert-alkyl or cyclic N) is 1. The zero-order chi connectivity index (χ0) is 30.1. The second-order valence-corrected chi connectivity index (χ2v) is 10.5. The molecule has 2 aliphatic heterocycles. The van der Waals surface area contributed by atoms with Crippen molar-refractivity contribution in [2.45, 2.75) is 33.0 Å². The molecule has 2 fully saturated rings. The van der Waals surface area contributed by atoms with Crippen LogP contribution in [0.2, 0.25) is 0 Å². The first-order valence-electron chi connectivity index (χ1n) is 13.9. The van der Waals surface area contributed by atoms with Crippen LogP contribution in [-0.2, 0) is 17.8 Å². The fourth-order valence-corrected chi connectivity index (χ4v) is 5.72. The van der Waals surface area contributed by atoms with E-state index in [1.165, 1.54) is 10.8 Å². The molecule has 0 radical (unpaired) electrons. The van der Waals surface area contributed by atoms with E-state index in [0.29, 0.717) is 76.1 Å². The third-order valence-corrected chi connectivity index (χ3v) is 7.89. The SMILES string of the molecule is CCn1cc(C(=O)O)c(=O)c2cc(F)c(N3CCN(CC(O)Cn4c(C)nc(N5CCOCC5)c4[N+](=O)[O-])CC3)cc21. The summed E-state index contributed by atoms with van der Waals surface area (Å²) in [6.07, 6.45) is 0.380. The number of imidazole rings is 1. The Morgan fingerprint density at radius 1 is 1.14 bits per heavy atom. The Balaban J connectivity index is 1.27. The molecule has 1 atom stereocenters. The van der Waals surface area contributed by atoms with E-state index in [1.54, 1.807) is 17.6 Å². The minimum absolute atomic E-state index is 0.00583. The van der Waals surface area contributed by atoms with Crippen LogP contribution < -0.4 is 15.2 Å². The van der Waals surface area contributed by atoms with Crippen LogP contribution in [0, 0.1) is 22.9 Å². The Morgan fingerprint density at radius 2 is 1.83 bits per heavy atom. The van der Waals surface area contributed by atoms with Gasteiger partial charge in [-0.15, -0.1) is 0 Å². The van der Waals surface area contributed by atoms with Crippen molar-refractivity contribution in [1.29, 1.82) is 0 Å². The van der Waals surface area contributed by atoms with Crippen molar-refractivity contribution in [2.24, 2.45) is 0 Å². The zero-order valence-electron chi connectivity index (χ0n) is 23.5. The first-order valence-corrected chi connectivity index (χ1v) is 13.9. The fraction of sp³-hybridized carbons (Fsp3) is 0.519. The number of fused-ring (bicyclic) bond motifs is 1. The topological polar surface area (TPSA) is 159 Å². The number of benzene rings is 1. The van der Waals surface area contributed by atoms with Gasteiger partial charge in [0.2, 0.25) is 11.2 Å². The predicted octanol–water partition coefficient (Wildman–Crippen LogP) is 1.29. The molecule has 2 aromatic heterocycles. The van der Waals surface area contributed by atoms with E-state index in [2.05, 4.69) is 4.98 Å². The van der Waals surface area contributed by atoms with Gasteiger partial charge in [0.25, 0.3) is 0 Å². The summed E-state index contributed by atoms with van der Waals surface area (Å²) in [5.41, 5.74) is -0.364. The number of ether oxygens (including phenoxy) is 1. The maximum atomic E-state index is 15.2. The third kappa shape index (κ3) is 5.67. The highest BCUT2D eigenvalue weighted by Gasteiger charge is 2.32. The summed E-state index contributed by atoms with van der Waals surface area (Å²) in [7, 11) is 0. The van der Waals surface area contributed by atoms with Gasteiger partial charge in [-0.1, -0.05) is 0 Å². The normalized spacial score (nSPS) is 17.1. The number of anilines is 2. The number of pyridine rings is 1. The molecule has 1 unspecified atom stereocenters. The molecule has 1 aromatic carbocycles. The number of aryl methyl sites for hydroxylation is 2. The van der Waals surface area contributed by atoms with Crippen molar-refractivity contribution in [3.63, 3.8) is 0 Å². The number of aromatic nitrogens is 3. The minimum Gasteiger partial charge on any atom is -0.477 e. The monoisotopic (exact) mass is 587 g/mol. The van der Waals surface area contributed by atoms with Gasteiger partial charge < -0.3 is 39.4 Å². The smallest absolute Gasteiger partial charge is 0.367 e. The average Bonchev–Trinajstić information content (AvgIpc) is 3.29. The molecular formula is C27H34FN7O7. The molecule has 0 saturated carbocycles. The van der Waals surface area contributed by atoms with E-state index >= 15 is 4.39 Å². The largest absolute Gasteiger partial charge is 0.477 e. The van der Waals surface area contributed by atoms with Gasteiger partial charge in [-0.25, -0.2) is 13.8 Å².